The molecular weight excluding hydrogens is 232 g/mol. The number of benzene rings is 2. The largest absolute Gasteiger partial charge is 0.309 e. The molecule has 0 amide bonds. The van der Waals surface area contributed by atoms with E-state index in [2.05, 4.69) is 47.8 Å². The first-order valence-corrected chi connectivity index (χ1v) is 6.64. The predicted molar refractivity (Wildman–Crippen MR) is 75.6 cm³/mol. The van der Waals surface area contributed by atoms with Crippen molar-refractivity contribution >= 4 is 0 Å². The van der Waals surface area contributed by atoms with Crippen LogP contribution in [-0.2, 0) is 6.54 Å². The number of nitrogens with one attached hydrogen (secondary N) is 1. The molecule has 0 heterocycles. The van der Waals surface area contributed by atoms with Crippen molar-refractivity contribution in [1.29, 1.82) is 5.26 Å². The number of nitriles is 1. The fourth-order valence-corrected chi connectivity index (χ4v) is 2.49. The first kappa shape index (κ1) is 12.0. The Balaban J connectivity index is 1.56. The summed E-state index contributed by atoms with van der Waals surface area (Å²) in [6.07, 6.45) is 1.21. The molecule has 0 aliphatic heterocycles. The van der Waals surface area contributed by atoms with E-state index in [0.717, 1.165) is 12.1 Å². The van der Waals surface area contributed by atoms with Crippen LogP contribution in [0.3, 0.4) is 0 Å². The predicted octanol–water partition coefficient (Wildman–Crippen LogP) is 3.20. The van der Waals surface area contributed by atoms with E-state index in [0.29, 0.717) is 12.0 Å². The van der Waals surface area contributed by atoms with E-state index in [9.17, 15) is 0 Å². The van der Waals surface area contributed by atoms with Gasteiger partial charge in [0.05, 0.1) is 11.6 Å². The normalized spacial score (nSPS) is 20.8. The molecule has 2 aromatic rings. The van der Waals surface area contributed by atoms with Gasteiger partial charge in [0.2, 0.25) is 0 Å². The van der Waals surface area contributed by atoms with Crippen LogP contribution in [0.1, 0.15) is 29.0 Å². The molecule has 2 heteroatoms. The summed E-state index contributed by atoms with van der Waals surface area (Å²) in [6, 6.07) is 21.2. The van der Waals surface area contributed by atoms with Gasteiger partial charge in [0.15, 0.2) is 0 Å². The summed E-state index contributed by atoms with van der Waals surface area (Å²) >= 11 is 0. The van der Waals surface area contributed by atoms with Crippen molar-refractivity contribution in [1.82, 2.24) is 5.32 Å². The van der Waals surface area contributed by atoms with E-state index in [-0.39, 0.29) is 0 Å². The van der Waals surface area contributed by atoms with Crippen LogP contribution < -0.4 is 5.32 Å². The van der Waals surface area contributed by atoms with Crippen molar-refractivity contribution in [2.24, 2.45) is 0 Å². The van der Waals surface area contributed by atoms with Crippen LogP contribution in [0, 0.1) is 11.3 Å². The van der Waals surface area contributed by atoms with Crippen LogP contribution >= 0.6 is 0 Å². The Morgan fingerprint density at radius 3 is 2.74 bits per heavy atom. The highest BCUT2D eigenvalue weighted by atomic mass is 15.0. The molecule has 0 saturated heterocycles. The zero-order valence-corrected chi connectivity index (χ0v) is 10.7. The maximum atomic E-state index is 8.87. The Labute approximate surface area is 113 Å². The summed E-state index contributed by atoms with van der Waals surface area (Å²) in [5.41, 5.74) is 3.33. The molecule has 1 fully saturated rings. The highest BCUT2D eigenvalue weighted by molar-refractivity contribution is 5.33. The fourth-order valence-electron chi connectivity index (χ4n) is 2.49. The average molecular weight is 248 g/mol. The average Bonchev–Trinajstić information content (AvgIpc) is 3.26. The Morgan fingerprint density at radius 1 is 1.11 bits per heavy atom. The van der Waals surface area contributed by atoms with Crippen LogP contribution in [-0.4, -0.2) is 6.04 Å². The lowest BCUT2D eigenvalue weighted by atomic mass is 10.1. The minimum Gasteiger partial charge on any atom is -0.309 e. The van der Waals surface area contributed by atoms with Gasteiger partial charge >= 0.3 is 0 Å². The Hall–Kier alpha value is -2.11. The lowest BCUT2D eigenvalue weighted by molar-refractivity contribution is 0.672. The van der Waals surface area contributed by atoms with Gasteiger partial charge in [-0.2, -0.15) is 5.26 Å². The lowest BCUT2D eigenvalue weighted by Crippen LogP contribution is -2.17. The Bertz CT molecular complexity index is 598. The van der Waals surface area contributed by atoms with Crippen molar-refractivity contribution in [2.45, 2.75) is 24.9 Å². The van der Waals surface area contributed by atoms with Gasteiger partial charge < -0.3 is 5.32 Å². The number of rotatable bonds is 4. The molecular formula is C17H16N2. The quantitative estimate of drug-likeness (QED) is 0.902. The molecule has 3 rings (SSSR count). The minimum absolute atomic E-state index is 0.577. The van der Waals surface area contributed by atoms with Gasteiger partial charge in [-0.05, 0) is 29.7 Å². The van der Waals surface area contributed by atoms with Gasteiger partial charge in [0.1, 0.15) is 0 Å². The van der Waals surface area contributed by atoms with Crippen LogP contribution in [0.15, 0.2) is 54.6 Å². The summed E-state index contributed by atoms with van der Waals surface area (Å²) in [6.45, 7) is 0.837. The Kier molecular flexibility index (Phi) is 3.31. The van der Waals surface area contributed by atoms with Gasteiger partial charge in [-0.15, -0.1) is 0 Å². The molecule has 0 spiro atoms. The molecule has 0 aromatic heterocycles. The molecule has 1 aliphatic carbocycles. The second-order valence-electron chi connectivity index (χ2n) is 5.05. The summed E-state index contributed by atoms with van der Waals surface area (Å²) in [5, 5.41) is 12.4. The fraction of sp³-hybridized carbons (Fsp3) is 0.235. The third-order valence-corrected chi connectivity index (χ3v) is 3.64. The van der Waals surface area contributed by atoms with Crippen molar-refractivity contribution < 1.29 is 0 Å². The second kappa shape index (κ2) is 5.26. The van der Waals surface area contributed by atoms with Gasteiger partial charge in [-0.25, -0.2) is 0 Å². The van der Waals surface area contributed by atoms with Crippen molar-refractivity contribution in [3.63, 3.8) is 0 Å². The molecule has 1 saturated carbocycles. The standard InChI is InChI=1S/C17H16N2/c18-11-13-5-4-6-14(9-13)12-19-17-10-16(17)15-7-2-1-3-8-15/h1-9,16-17,19H,10,12H2. The number of hydrogen-bond donors (Lipinski definition) is 1. The highest BCUT2D eigenvalue weighted by Gasteiger charge is 2.37. The third-order valence-electron chi connectivity index (χ3n) is 3.64. The van der Waals surface area contributed by atoms with E-state index >= 15 is 0 Å². The number of hydrogen-bond acceptors (Lipinski definition) is 2. The van der Waals surface area contributed by atoms with Gasteiger partial charge in [0.25, 0.3) is 0 Å². The summed E-state index contributed by atoms with van der Waals surface area (Å²) in [4.78, 5) is 0. The second-order valence-corrected chi connectivity index (χ2v) is 5.05. The molecule has 2 nitrogen and oxygen atoms in total. The lowest BCUT2D eigenvalue weighted by Gasteiger charge is -2.05. The van der Waals surface area contributed by atoms with Crippen molar-refractivity contribution in [3.05, 3.63) is 71.3 Å². The maximum absolute atomic E-state index is 8.87. The molecule has 1 aliphatic rings. The first-order valence-electron chi connectivity index (χ1n) is 6.64. The van der Waals surface area contributed by atoms with E-state index in [1.165, 1.54) is 17.5 Å². The van der Waals surface area contributed by atoms with Gasteiger partial charge in [0, 0.05) is 18.5 Å². The van der Waals surface area contributed by atoms with Gasteiger partial charge in [-0.1, -0.05) is 42.5 Å². The van der Waals surface area contributed by atoms with Crippen LogP contribution in [0.25, 0.3) is 0 Å². The summed E-state index contributed by atoms with van der Waals surface area (Å²) < 4.78 is 0. The monoisotopic (exact) mass is 248 g/mol. The van der Waals surface area contributed by atoms with E-state index < -0.39 is 0 Å². The highest BCUT2D eigenvalue weighted by Crippen LogP contribution is 2.40. The zero-order chi connectivity index (χ0) is 13.1. The Morgan fingerprint density at radius 2 is 1.95 bits per heavy atom. The topological polar surface area (TPSA) is 35.8 Å². The van der Waals surface area contributed by atoms with Crippen LogP contribution in [0.4, 0.5) is 0 Å². The smallest absolute Gasteiger partial charge is 0.0991 e. The maximum Gasteiger partial charge on any atom is 0.0991 e. The van der Waals surface area contributed by atoms with E-state index in [4.69, 9.17) is 5.26 Å². The third kappa shape index (κ3) is 2.83. The SMILES string of the molecule is N#Cc1cccc(CNC2CC2c2ccccc2)c1. The molecule has 2 unspecified atom stereocenters. The number of nitrogens with zero attached hydrogens (tertiary/aromatic N) is 1. The van der Waals surface area contributed by atoms with Crippen LogP contribution in [0.5, 0.6) is 0 Å². The van der Waals surface area contributed by atoms with Crippen LogP contribution in [0.2, 0.25) is 0 Å². The molecule has 94 valence electrons. The van der Waals surface area contributed by atoms with Crippen molar-refractivity contribution in [3.8, 4) is 6.07 Å². The minimum atomic E-state index is 0.577. The van der Waals surface area contributed by atoms with Gasteiger partial charge in [-0.3, -0.25) is 0 Å². The molecule has 0 radical (unpaired) electrons. The van der Waals surface area contributed by atoms with E-state index in [1.807, 2.05) is 18.2 Å². The molecule has 1 N–H and O–H groups in total. The summed E-state index contributed by atoms with van der Waals surface area (Å²) in [7, 11) is 0. The van der Waals surface area contributed by atoms with E-state index in [1.54, 1.807) is 0 Å². The summed E-state index contributed by atoms with van der Waals surface area (Å²) in [5.74, 6) is 0.653. The first-order chi connectivity index (χ1) is 9.36. The molecule has 0 bridgehead atoms. The molecule has 2 aromatic carbocycles. The molecule has 19 heavy (non-hydrogen) atoms. The zero-order valence-electron chi connectivity index (χ0n) is 10.7. The van der Waals surface area contributed by atoms with Crippen molar-refractivity contribution in [2.75, 3.05) is 0 Å². The molecule has 2 atom stereocenters.